The van der Waals surface area contributed by atoms with Crippen LogP contribution in [0, 0.1) is 0 Å². The maximum Gasteiger partial charge on any atom is 0.339 e. The number of fused-ring (bicyclic) bond motifs is 2. The first kappa shape index (κ1) is 20.1. The monoisotopic (exact) mass is 429 g/mol. The minimum absolute atomic E-state index is 0.134. The van der Waals surface area contributed by atoms with E-state index in [2.05, 4.69) is 0 Å². The number of likely N-dealkylation sites (N-methyl/N-ethyl adjacent to an activating group) is 1. The van der Waals surface area contributed by atoms with Crippen LogP contribution in [0.4, 0.5) is 0 Å². The molecule has 6 nitrogen and oxygen atoms in total. The lowest BCUT2D eigenvalue weighted by Gasteiger charge is -2.30. The molecule has 0 N–H and O–H groups in total. The van der Waals surface area contributed by atoms with Gasteiger partial charge in [-0.3, -0.25) is 4.79 Å². The molecule has 0 unspecified atom stereocenters. The molecule has 2 aliphatic rings. The van der Waals surface area contributed by atoms with Crippen LogP contribution >= 0.6 is 0 Å². The van der Waals surface area contributed by atoms with Crippen molar-refractivity contribution in [1.29, 1.82) is 0 Å². The summed E-state index contributed by atoms with van der Waals surface area (Å²) in [5, 5.41) is 0. The van der Waals surface area contributed by atoms with Crippen LogP contribution in [0.25, 0.3) is 0 Å². The zero-order valence-corrected chi connectivity index (χ0v) is 17.7. The Hall–Kier alpha value is -3.80. The number of carbonyl (C=O) groups is 2. The second-order valence-electron chi connectivity index (χ2n) is 8.06. The molecule has 3 aromatic rings. The molecule has 0 aromatic heterocycles. The van der Waals surface area contributed by atoms with Gasteiger partial charge in [-0.1, -0.05) is 42.5 Å². The molecule has 2 atom stereocenters. The molecule has 1 amide bonds. The predicted octanol–water partition coefficient (Wildman–Crippen LogP) is 4.05. The molecule has 2 heterocycles. The van der Waals surface area contributed by atoms with Crippen molar-refractivity contribution in [2.24, 2.45) is 0 Å². The molecule has 162 valence electrons. The van der Waals surface area contributed by atoms with Crippen LogP contribution in [-0.4, -0.2) is 43.1 Å². The number of carbonyl (C=O) groups excluding carboxylic acids is 2. The largest absolute Gasteiger partial charge is 0.486 e. The van der Waals surface area contributed by atoms with Crippen molar-refractivity contribution in [2.75, 3.05) is 20.2 Å². The Morgan fingerprint density at radius 1 is 0.969 bits per heavy atom. The Morgan fingerprint density at radius 2 is 1.72 bits per heavy atom. The lowest BCUT2D eigenvalue weighted by atomic mass is 9.93. The molecule has 0 saturated carbocycles. The maximum atomic E-state index is 13.1. The van der Waals surface area contributed by atoms with Crippen LogP contribution in [-0.2, 0) is 11.2 Å². The molecule has 5 rings (SSSR count). The second kappa shape index (κ2) is 8.38. The van der Waals surface area contributed by atoms with Gasteiger partial charge >= 0.3 is 5.97 Å². The first-order chi connectivity index (χ1) is 15.6. The van der Waals surface area contributed by atoms with Crippen molar-refractivity contribution >= 4 is 11.9 Å². The fourth-order valence-corrected chi connectivity index (χ4v) is 4.14. The van der Waals surface area contributed by atoms with Crippen molar-refractivity contribution in [3.63, 3.8) is 0 Å². The Labute approximate surface area is 186 Å². The van der Waals surface area contributed by atoms with Crippen LogP contribution in [0.1, 0.15) is 37.9 Å². The van der Waals surface area contributed by atoms with Gasteiger partial charge in [0.2, 0.25) is 0 Å². The van der Waals surface area contributed by atoms with E-state index in [1.54, 1.807) is 30.1 Å². The summed E-state index contributed by atoms with van der Waals surface area (Å²) in [6.07, 6.45) is -0.0761. The number of cyclic esters (lactones) is 1. The highest BCUT2D eigenvalue weighted by atomic mass is 16.6. The number of benzene rings is 3. The number of amides is 1. The van der Waals surface area contributed by atoms with Gasteiger partial charge < -0.3 is 19.1 Å². The third-order valence-electron chi connectivity index (χ3n) is 5.79. The molecule has 0 spiro atoms. The number of nitrogens with zero attached hydrogens (tertiary/aromatic N) is 1. The van der Waals surface area contributed by atoms with Crippen molar-refractivity contribution in [3.05, 3.63) is 95.1 Å². The van der Waals surface area contributed by atoms with Gasteiger partial charge in [0.15, 0.2) is 17.6 Å². The minimum atomic E-state index is -0.362. The van der Waals surface area contributed by atoms with Gasteiger partial charge in [-0.25, -0.2) is 4.79 Å². The molecule has 6 heteroatoms. The van der Waals surface area contributed by atoms with E-state index in [4.69, 9.17) is 14.2 Å². The average Bonchev–Trinajstić information content (AvgIpc) is 2.83. The molecular formula is C26H23NO5. The van der Waals surface area contributed by atoms with E-state index in [0.29, 0.717) is 42.2 Å². The molecule has 0 radical (unpaired) electrons. The van der Waals surface area contributed by atoms with Gasteiger partial charge in [-0.05, 0) is 41.5 Å². The number of hydrogen-bond donors (Lipinski definition) is 0. The summed E-state index contributed by atoms with van der Waals surface area (Å²) in [7, 11) is 1.74. The number of hydrogen-bond acceptors (Lipinski definition) is 5. The smallest absolute Gasteiger partial charge is 0.339 e. The summed E-state index contributed by atoms with van der Waals surface area (Å²) in [5.41, 5.74) is 2.80. The van der Waals surface area contributed by atoms with E-state index in [9.17, 15) is 9.59 Å². The maximum absolute atomic E-state index is 13.1. The highest BCUT2D eigenvalue weighted by molar-refractivity contribution is 5.97. The van der Waals surface area contributed by atoms with Crippen molar-refractivity contribution in [3.8, 4) is 11.5 Å². The zero-order valence-electron chi connectivity index (χ0n) is 17.7. The summed E-state index contributed by atoms with van der Waals surface area (Å²) in [4.78, 5) is 27.2. The lowest BCUT2D eigenvalue weighted by molar-refractivity contribution is 0.0252. The molecule has 32 heavy (non-hydrogen) atoms. The van der Waals surface area contributed by atoms with E-state index in [1.165, 1.54) is 0 Å². The van der Waals surface area contributed by atoms with Gasteiger partial charge in [-0.2, -0.15) is 0 Å². The number of ether oxygens (including phenoxy) is 3. The molecule has 3 aromatic carbocycles. The molecule has 0 saturated heterocycles. The highest BCUT2D eigenvalue weighted by Crippen LogP contribution is 2.32. The number of esters is 1. The standard InChI is InChI=1S/C26H23NO5/c1-27(15-20-16-30-22-9-5-6-10-23(22)31-20)25(28)18-11-12-21-19(13-18)14-24(32-26(21)29)17-7-3-2-4-8-17/h2-13,20,24H,14-16H2,1H3/t20-,24+/m1/s1. The predicted molar refractivity (Wildman–Crippen MR) is 118 cm³/mol. The van der Waals surface area contributed by atoms with Crippen LogP contribution in [0.15, 0.2) is 72.8 Å². The average molecular weight is 429 g/mol. The van der Waals surface area contributed by atoms with Crippen molar-refractivity contribution in [2.45, 2.75) is 18.6 Å². The van der Waals surface area contributed by atoms with E-state index >= 15 is 0 Å². The van der Waals surface area contributed by atoms with Crippen LogP contribution in [0.3, 0.4) is 0 Å². The summed E-state index contributed by atoms with van der Waals surface area (Å²) >= 11 is 0. The first-order valence-corrected chi connectivity index (χ1v) is 10.6. The Bertz CT molecular complexity index is 1160. The SMILES string of the molecule is CN(C[C@@H]1COc2ccccc2O1)C(=O)c1ccc2c(c1)C[C@@H](c1ccccc1)OC2=O. The Morgan fingerprint density at radius 3 is 2.53 bits per heavy atom. The summed E-state index contributed by atoms with van der Waals surface area (Å²) in [5.74, 6) is 0.903. The van der Waals surface area contributed by atoms with Crippen molar-refractivity contribution in [1.82, 2.24) is 4.90 Å². The highest BCUT2D eigenvalue weighted by Gasteiger charge is 2.29. The van der Waals surface area contributed by atoms with Gasteiger partial charge in [0.1, 0.15) is 12.7 Å². The first-order valence-electron chi connectivity index (χ1n) is 10.6. The Balaban J connectivity index is 1.30. The van der Waals surface area contributed by atoms with Crippen molar-refractivity contribution < 1.29 is 23.8 Å². The Kier molecular flexibility index (Phi) is 5.27. The van der Waals surface area contributed by atoms with Gasteiger partial charge in [0.05, 0.1) is 12.1 Å². The summed E-state index contributed by atoms with van der Waals surface area (Å²) < 4.78 is 17.3. The van der Waals surface area contributed by atoms with E-state index < -0.39 is 0 Å². The zero-order chi connectivity index (χ0) is 22.1. The van der Waals surface area contributed by atoms with Gasteiger partial charge in [-0.15, -0.1) is 0 Å². The van der Waals surface area contributed by atoms with Crippen LogP contribution in [0.5, 0.6) is 11.5 Å². The van der Waals surface area contributed by atoms with E-state index in [-0.39, 0.29) is 24.1 Å². The fourth-order valence-electron chi connectivity index (χ4n) is 4.14. The minimum Gasteiger partial charge on any atom is -0.486 e. The molecule has 0 aliphatic carbocycles. The third kappa shape index (κ3) is 3.91. The topological polar surface area (TPSA) is 65.1 Å². The summed E-state index contributed by atoms with van der Waals surface area (Å²) in [6.45, 7) is 0.766. The van der Waals surface area contributed by atoms with E-state index in [1.807, 2.05) is 54.6 Å². The fraction of sp³-hybridized carbons (Fsp3) is 0.231. The number of rotatable bonds is 4. The lowest BCUT2D eigenvalue weighted by Crippen LogP contribution is -2.41. The van der Waals surface area contributed by atoms with E-state index in [0.717, 1.165) is 11.1 Å². The molecule has 0 bridgehead atoms. The number of para-hydroxylation sites is 2. The molecule has 0 fully saturated rings. The van der Waals surface area contributed by atoms with Gasteiger partial charge in [0, 0.05) is 19.0 Å². The molecule has 2 aliphatic heterocycles. The quantitative estimate of drug-likeness (QED) is 0.586. The second-order valence-corrected chi connectivity index (χ2v) is 8.06. The summed E-state index contributed by atoms with van der Waals surface area (Å²) in [6, 6.07) is 22.3. The van der Waals surface area contributed by atoms with Gasteiger partial charge in [0.25, 0.3) is 5.91 Å². The molecular weight excluding hydrogens is 406 g/mol. The normalized spacial score (nSPS) is 19.0. The third-order valence-corrected chi connectivity index (χ3v) is 5.79. The van der Waals surface area contributed by atoms with Crippen LogP contribution < -0.4 is 9.47 Å². The van der Waals surface area contributed by atoms with Crippen LogP contribution in [0.2, 0.25) is 0 Å².